The minimum atomic E-state index is -4.79. The highest BCUT2D eigenvalue weighted by Crippen LogP contribution is 2.44. The quantitative estimate of drug-likeness (QED) is 0.222. The third-order valence-electron chi connectivity index (χ3n) is 8.06. The molecule has 1 saturated carbocycles. The monoisotopic (exact) mass is 627 g/mol. The fraction of sp³-hybridized carbons (Fsp3) is 0.483. The lowest BCUT2D eigenvalue weighted by atomic mass is 9.87. The summed E-state index contributed by atoms with van der Waals surface area (Å²) in [5.74, 6) is -3.10. The SMILES string of the molecule is C[C@H](Oc1cc(-n2nc(C(F)(F)F)c3c2[C@@H](O[C@H]2CC[C@H](C(=O)O)CC2)CCC3)cc(F)n1)c1ccc2c(c1)OC(F)(F)O2. The molecular formula is C29H27F6N3O6. The zero-order chi connectivity index (χ0) is 31.4. The maximum atomic E-state index is 14.8. The lowest BCUT2D eigenvalue weighted by molar-refractivity contribution is -0.286. The molecule has 1 fully saturated rings. The van der Waals surface area contributed by atoms with Crippen LogP contribution in [0.3, 0.4) is 0 Å². The van der Waals surface area contributed by atoms with E-state index < -0.39 is 48.2 Å². The van der Waals surface area contributed by atoms with E-state index in [4.69, 9.17) is 9.47 Å². The first kappa shape index (κ1) is 30.0. The number of fused-ring (bicyclic) bond motifs is 2. The molecule has 1 aromatic carbocycles. The molecule has 2 aliphatic carbocycles. The Hall–Kier alpha value is -4.01. The summed E-state index contributed by atoms with van der Waals surface area (Å²) in [4.78, 5) is 15.1. The van der Waals surface area contributed by atoms with Crippen LogP contribution in [0.2, 0.25) is 0 Å². The van der Waals surface area contributed by atoms with Crippen LogP contribution in [0, 0.1) is 11.9 Å². The van der Waals surface area contributed by atoms with Crippen LogP contribution in [0.5, 0.6) is 17.4 Å². The van der Waals surface area contributed by atoms with Gasteiger partial charge in [-0.05, 0) is 69.6 Å². The van der Waals surface area contributed by atoms with Gasteiger partial charge < -0.3 is 24.1 Å². The van der Waals surface area contributed by atoms with Crippen LogP contribution < -0.4 is 14.2 Å². The first-order valence-corrected chi connectivity index (χ1v) is 14.1. The van der Waals surface area contributed by atoms with E-state index in [-0.39, 0.29) is 46.8 Å². The minimum Gasteiger partial charge on any atom is -0.481 e. The third-order valence-corrected chi connectivity index (χ3v) is 8.06. The van der Waals surface area contributed by atoms with Crippen LogP contribution in [0.1, 0.15) is 80.2 Å². The molecule has 3 aliphatic rings. The summed E-state index contributed by atoms with van der Waals surface area (Å²) in [6, 6.07) is 6.14. The predicted octanol–water partition coefficient (Wildman–Crippen LogP) is 6.92. The highest BCUT2D eigenvalue weighted by Gasteiger charge is 2.44. The van der Waals surface area contributed by atoms with Gasteiger partial charge in [-0.1, -0.05) is 6.07 Å². The van der Waals surface area contributed by atoms with Gasteiger partial charge in [0.05, 0.1) is 23.4 Å². The van der Waals surface area contributed by atoms with Gasteiger partial charge in [0, 0.05) is 17.7 Å². The second-order valence-electron chi connectivity index (χ2n) is 11.1. The van der Waals surface area contributed by atoms with Gasteiger partial charge >= 0.3 is 18.4 Å². The van der Waals surface area contributed by atoms with Gasteiger partial charge in [-0.3, -0.25) is 4.79 Å². The largest absolute Gasteiger partial charge is 0.586 e. The Labute approximate surface area is 246 Å². The van der Waals surface area contributed by atoms with Crippen molar-refractivity contribution in [2.45, 2.75) is 82.7 Å². The molecule has 0 unspecified atom stereocenters. The van der Waals surface area contributed by atoms with Gasteiger partial charge in [0.1, 0.15) is 12.2 Å². The number of alkyl halides is 5. The molecule has 3 heterocycles. The fourth-order valence-electron chi connectivity index (χ4n) is 5.99. The lowest BCUT2D eigenvalue weighted by Gasteiger charge is -2.32. The zero-order valence-corrected chi connectivity index (χ0v) is 23.2. The predicted molar refractivity (Wildman–Crippen MR) is 138 cm³/mol. The number of nitrogens with zero attached hydrogens (tertiary/aromatic N) is 3. The summed E-state index contributed by atoms with van der Waals surface area (Å²) in [7, 11) is 0. The lowest BCUT2D eigenvalue weighted by Crippen LogP contribution is -2.29. The van der Waals surface area contributed by atoms with E-state index in [1.807, 2.05) is 0 Å². The van der Waals surface area contributed by atoms with Crippen molar-refractivity contribution >= 4 is 5.97 Å². The number of halogens is 6. The molecule has 236 valence electrons. The molecule has 0 spiro atoms. The van der Waals surface area contributed by atoms with Crippen LogP contribution in [0.4, 0.5) is 26.3 Å². The van der Waals surface area contributed by atoms with Crippen molar-refractivity contribution in [3.63, 3.8) is 0 Å². The molecule has 3 aromatic rings. The Morgan fingerprint density at radius 3 is 2.52 bits per heavy atom. The maximum Gasteiger partial charge on any atom is 0.586 e. The van der Waals surface area contributed by atoms with E-state index in [0.29, 0.717) is 44.1 Å². The van der Waals surface area contributed by atoms with E-state index in [1.165, 1.54) is 24.3 Å². The summed E-state index contributed by atoms with van der Waals surface area (Å²) in [6.07, 6.45) is -8.04. The Bertz CT molecular complexity index is 1570. The molecule has 0 saturated heterocycles. The summed E-state index contributed by atoms with van der Waals surface area (Å²) in [5.41, 5.74) is -0.717. The number of aromatic nitrogens is 3. The van der Waals surface area contributed by atoms with E-state index in [0.717, 1.165) is 10.7 Å². The van der Waals surface area contributed by atoms with E-state index in [1.54, 1.807) is 6.92 Å². The number of carbonyl (C=O) groups is 1. The van der Waals surface area contributed by atoms with Gasteiger partial charge in [0.15, 0.2) is 17.2 Å². The van der Waals surface area contributed by atoms with Gasteiger partial charge in [-0.15, -0.1) is 8.78 Å². The summed E-state index contributed by atoms with van der Waals surface area (Å²) >= 11 is 0. The summed E-state index contributed by atoms with van der Waals surface area (Å²) in [5, 5.41) is 13.2. The minimum absolute atomic E-state index is 0.0433. The first-order valence-electron chi connectivity index (χ1n) is 14.1. The van der Waals surface area contributed by atoms with Gasteiger partial charge in [0.25, 0.3) is 0 Å². The van der Waals surface area contributed by atoms with Crippen molar-refractivity contribution in [1.82, 2.24) is 14.8 Å². The van der Waals surface area contributed by atoms with Crippen LogP contribution >= 0.6 is 0 Å². The van der Waals surface area contributed by atoms with Crippen molar-refractivity contribution < 1.29 is 55.2 Å². The number of aliphatic carboxylic acids is 1. The van der Waals surface area contributed by atoms with Gasteiger partial charge in [-0.2, -0.15) is 27.6 Å². The maximum absolute atomic E-state index is 14.8. The number of rotatable bonds is 7. The highest BCUT2D eigenvalue weighted by atomic mass is 19.4. The van der Waals surface area contributed by atoms with E-state index in [2.05, 4.69) is 19.6 Å². The van der Waals surface area contributed by atoms with Crippen molar-refractivity contribution in [2.24, 2.45) is 5.92 Å². The molecule has 1 N–H and O–H groups in total. The fourth-order valence-corrected chi connectivity index (χ4v) is 5.99. The smallest absolute Gasteiger partial charge is 0.481 e. The molecule has 1 aliphatic heterocycles. The van der Waals surface area contributed by atoms with E-state index >= 15 is 0 Å². The van der Waals surface area contributed by atoms with E-state index in [9.17, 15) is 36.2 Å². The second-order valence-corrected chi connectivity index (χ2v) is 11.1. The molecule has 0 bridgehead atoms. The number of carboxylic acid groups (broad SMARTS) is 1. The standard InChI is InChI=1S/C29H27F6N3O6/c1-14(16-7-10-20-22(11-16)44-29(34,35)43-20)41-24-13-17(12-23(30)36-24)38-25-19(26(37-38)28(31,32)33)3-2-4-21(25)42-18-8-5-15(6-9-18)27(39)40/h7,10-15,18,21H,2-6,8-9H2,1H3,(H,39,40)/t14-,15-,18-,21-/m0/s1. The summed E-state index contributed by atoms with van der Waals surface area (Å²) < 4.78 is 106. The number of ether oxygens (including phenoxy) is 4. The Morgan fingerprint density at radius 1 is 1.09 bits per heavy atom. The van der Waals surface area contributed by atoms with Crippen LogP contribution in [-0.2, 0) is 22.1 Å². The molecule has 44 heavy (non-hydrogen) atoms. The molecule has 9 nitrogen and oxygen atoms in total. The van der Waals surface area contributed by atoms with Crippen molar-refractivity contribution in [1.29, 1.82) is 0 Å². The van der Waals surface area contributed by atoms with Crippen molar-refractivity contribution in [3.05, 3.63) is 58.8 Å². The first-order chi connectivity index (χ1) is 20.8. The number of benzene rings is 1. The Kier molecular flexibility index (Phi) is 7.62. The average molecular weight is 628 g/mol. The highest BCUT2D eigenvalue weighted by molar-refractivity contribution is 5.70. The number of hydrogen-bond acceptors (Lipinski definition) is 7. The number of pyridine rings is 1. The van der Waals surface area contributed by atoms with Crippen LogP contribution in [0.25, 0.3) is 5.69 Å². The molecule has 2 aromatic heterocycles. The topological polar surface area (TPSA) is 105 Å². The molecular weight excluding hydrogens is 600 g/mol. The normalized spacial score (nSPS) is 23.2. The van der Waals surface area contributed by atoms with Gasteiger partial charge in [0.2, 0.25) is 11.8 Å². The zero-order valence-electron chi connectivity index (χ0n) is 23.2. The van der Waals surface area contributed by atoms with Crippen molar-refractivity contribution in [2.75, 3.05) is 0 Å². The average Bonchev–Trinajstić information content (AvgIpc) is 3.50. The Morgan fingerprint density at radius 2 is 1.82 bits per heavy atom. The number of hydrogen-bond donors (Lipinski definition) is 1. The third kappa shape index (κ3) is 6.01. The Balaban J connectivity index is 1.30. The molecule has 6 rings (SSSR count). The van der Waals surface area contributed by atoms with Crippen LogP contribution in [0.15, 0.2) is 30.3 Å². The molecule has 2 atom stereocenters. The van der Waals surface area contributed by atoms with Crippen molar-refractivity contribution in [3.8, 4) is 23.1 Å². The molecule has 15 heteroatoms. The summed E-state index contributed by atoms with van der Waals surface area (Å²) in [6.45, 7) is 1.54. The van der Waals surface area contributed by atoms with Gasteiger partial charge in [-0.25, -0.2) is 4.68 Å². The molecule has 0 radical (unpaired) electrons. The second kappa shape index (κ2) is 11.2. The number of carboxylic acids is 1. The van der Waals surface area contributed by atoms with Crippen LogP contribution in [-0.4, -0.2) is 38.2 Å². The molecule has 0 amide bonds.